The van der Waals surface area contributed by atoms with E-state index in [1.807, 2.05) is 103 Å². The van der Waals surface area contributed by atoms with E-state index in [0.717, 1.165) is 84.7 Å². The number of nitrogens with zero attached hydrogens (tertiary/aromatic N) is 4. The predicted molar refractivity (Wildman–Crippen MR) is 391 cm³/mol. The average molecular weight is 1260 g/mol. The molecule has 2 saturated carbocycles. The van der Waals surface area contributed by atoms with Gasteiger partial charge in [0.2, 0.25) is 0 Å². The zero-order chi connectivity index (χ0) is 68.3. The number of hydrogen-bond acceptors (Lipinski definition) is 10. The topological polar surface area (TPSA) is 142 Å². The van der Waals surface area contributed by atoms with Gasteiger partial charge in [0.25, 0.3) is 0 Å². The monoisotopic (exact) mass is 1260 g/mol. The molecule has 2 aliphatic rings. The van der Waals surface area contributed by atoms with E-state index < -0.39 is 22.8 Å². The van der Waals surface area contributed by atoms with Crippen LogP contribution < -0.4 is 9.47 Å². The van der Waals surface area contributed by atoms with Gasteiger partial charge in [0.15, 0.2) is 0 Å². The van der Waals surface area contributed by atoms with Gasteiger partial charge in [0.05, 0.1) is 35.3 Å². The van der Waals surface area contributed by atoms with E-state index in [2.05, 4.69) is 119 Å². The first-order valence-corrected chi connectivity index (χ1v) is 33.9. The molecule has 4 atom stereocenters. The Hall–Kier alpha value is -8.24. The molecule has 10 nitrogen and oxygen atoms in total. The Morgan fingerprint density at radius 3 is 0.862 bits per heavy atom. The third-order valence-corrected chi connectivity index (χ3v) is 18.5. The molecule has 0 aliphatic heterocycles. The third-order valence-electron chi connectivity index (χ3n) is 18.5. The third kappa shape index (κ3) is 17.8. The van der Waals surface area contributed by atoms with Crippen LogP contribution in [0.2, 0.25) is 0 Å². The molecule has 0 aromatic heterocycles. The van der Waals surface area contributed by atoms with E-state index in [-0.39, 0.29) is 57.3 Å². The van der Waals surface area contributed by atoms with E-state index in [9.17, 15) is 19.8 Å². The standard InChI is InChI=1S/C84H102N4O6/c1-79(2,3)63-39-53(40-64(45-63)80(4,5)6)49-85-71-23-19-21-25-73(71)87-51-61-43-67(47-69(75(61)89)83(13,14)15)93-77(91)59-35-31-57(32-36-59)55-27-29-56(30-28-55)58-33-37-60(38-34-58)78(92)94-68-44-62(76(90)70(48-68)84(16,17)18)52-88-74-26-22-20-24-72(74)86-50-54-41-65(81(7,8)9)46-66(42-54)82(10,11)12/h27-52,71-74,89-90H,19-26H2,1-18H3/t71-,72-,73-,74-/m0/s1. The van der Waals surface area contributed by atoms with Crippen molar-refractivity contribution in [3.05, 3.63) is 200 Å². The fourth-order valence-electron chi connectivity index (χ4n) is 12.3. The SMILES string of the molecule is CC(C)(C)c1cc(C=N[C@H]2CCCC[C@@H]2N=Cc2cc(OC(=O)c3ccc(-c4ccc(-c5ccc(C(=O)Oc6cc(C=N[C@H]7CCCC[C@@H]7N=Cc7cc(C(C)(C)C)cc(C(C)(C)C)c7)c(O)c(C(C)(C)C)c6)cc5)cc4)cc3)cc(C(C)(C)C)c2O)cc(C(C)(C)C)c1. The second-order valence-electron chi connectivity index (χ2n) is 32.5. The number of benzene rings is 7. The minimum absolute atomic E-state index is 0.00101. The van der Waals surface area contributed by atoms with E-state index in [0.29, 0.717) is 44.9 Å². The lowest BCUT2D eigenvalue weighted by Crippen LogP contribution is -2.27. The highest BCUT2D eigenvalue weighted by Crippen LogP contribution is 2.40. The molecule has 7 aromatic rings. The number of phenolic OH excluding ortho intramolecular Hbond substituents is 2. The maximum absolute atomic E-state index is 13.8. The van der Waals surface area contributed by atoms with Gasteiger partial charge >= 0.3 is 11.9 Å². The van der Waals surface area contributed by atoms with Crippen LogP contribution in [0.3, 0.4) is 0 Å². The molecular formula is C84H102N4O6. The molecule has 0 unspecified atom stereocenters. The fourth-order valence-corrected chi connectivity index (χ4v) is 12.3. The van der Waals surface area contributed by atoms with Crippen molar-refractivity contribution >= 4 is 36.8 Å². The van der Waals surface area contributed by atoms with Crippen molar-refractivity contribution < 1.29 is 29.3 Å². The highest BCUT2D eigenvalue weighted by molar-refractivity contribution is 5.94. The second-order valence-corrected chi connectivity index (χ2v) is 32.5. The lowest BCUT2D eigenvalue weighted by atomic mass is 9.79. The summed E-state index contributed by atoms with van der Waals surface area (Å²) in [4.78, 5) is 48.2. The Labute approximate surface area is 561 Å². The number of aliphatic imine (C=N–C) groups is 4. The van der Waals surface area contributed by atoms with Gasteiger partial charge in [-0.15, -0.1) is 0 Å². The zero-order valence-corrected chi connectivity index (χ0v) is 59.3. The molecule has 2 fully saturated rings. The van der Waals surface area contributed by atoms with Gasteiger partial charge in [-0.25, -0.2) is 9.59 Å². The average Bonchev–Trinajstić information content (AvgIpc) is 0.824. The maximum atomic E-state index is 13.8. The number of rotatable bonds is 14. The molecule has 0 radical (unpaired) electrons. The highest BCUT2D eigenvalue weighted by Gasteiger charge is 2.30. The normalized spacial score (nSPS) is 18.0. The largest absolute Gasteiger partial charge is 0.507 e. The van der Waals surface area contributed by atoms with Crippen molar-refractivity contribution in [2.75, 3.05) is 0 Å². The van der Waals surface area contributed by atoms with Gasteiger partial charge in [0.1, 0.15) is 23.0 Å². The van der Waals surface area contributed by atoms with Crippen LogP contribution in [0.4, 0.5) is 0 Å². The van der Waals surface area contributed by atoms with Gasteiger partial charge in [-0.1, -0.05) is 211 Å². The summed E-state index contributed by atoms with van der Waals surface area (Å²) in [7, 11) is 0. The summed E-state index contributed by atoms with van der Waals surface area (Å²) in [6.45, 7) is 39.1. The number of carbonyl (C=O) groups is 2. The quantitative estimate of drug-likeness (QED) is 0.0631. The Balaban J connectivity index is 0.845. The Morgan fingerprint density at radius 2 is 0.606 bits per heavy atom. The van der Waals surface area contributed by atoms with Crippen LogP contribution in [0.5, 0.6) is 23.0 Å². The van der Waals surface area contributed by atoms with Crippen molar-refractivity contribution in [2.24, 2.45) is 20.0 Å². The van der Waals surface area contributed by atoms with Crippen LogP contribution in [-0.2, 0) is 32.5 Å². The summed E-state index contributed by atoms with van der Waals surface area (Å²) in [5.74, 6) is -0.145. The van der Waals surface area contributed by atoms with Crippen LogP contribution in [0.25, 0.3) is 22.3 Å². The predicted octanol–water partition coefficient (Wildman–Crippen LogP) is 20.4. The summed E-state index contributed by atoms with van der Waals surface area (Å²) in [5.41, 5.74) is 13.2. The smallest absolute Gasteiger partial charge is 0.343 e. The number of carbonyl (C=O) groups excluding carboxylic acids is 2. The molecule has 94 heavy (non-hydrogen) atoms. The highest BCUT2D eigenvalue weighted by atomic mass is 16.5. The molecular weight excluding hydrogens is 1160 g/mol. The summed E-state index contributed by atoms with van der Waals surface area (Å²) < 4.78 is 12.1. The van der Waals surface area contributed by atoms with Crippen molar-refractivity contribution in [3.63, 3.8) is 0 Å². The molecule has 0 spiro atoms. The van der Waals surface area contributed by atoms with Crippen molar-refractivity contribution in [1.82, 2.24) is 0 Å². The van der Waals surface area contributed by atoms with Crippen molar-refractivity contribution in [1.29, 1.82) is 0 Å². The summed E-state index contributed by atoms with van der Waals surface area (Å²) >= 11 is 0. The summed E-state index contributed by atoms with van der Waals surface area (Å²) in [5, 5.41) is 23.4. The van der Waals surface area contributed by atoms with Gasteiger partial charge in [0, 0.05) is 47.1 Å². The number of ether oxygens (including phenoxy) is 2. The molecule has 0 saturated heterocycles. The van der Waals surface area contributed by atoms with Crippen LogP contribution in [0, 0.1) is 0 Å². The summed E-state index contributed by atoms with van der Waals surface area (Å²) in [6.07, 6.45) is 15.4. The van der Waals surface area contributed by atoms with E-state index in [1.54, 1.807) is 61.0 Å². The maximum Gasteiger partial charge on any atom is 0.343 e. The zero-order valence-electron chi connectivity index (χ0n) is 59.3. The molecule has 0 amide bonds. The van der Waals surface area contributed by atoms with Crippen molar-refractivity contribution in [2.45, 2.75) is 233 Å². The molecule has 0 bridgehead atoms. The first-order chi connectivity index (χ1) is 44.0. The van der Waals surface area contributed by atoms with Gasteiger partial charge in [-0.2, -0.15) is 0 Å². The van der Waals surface area contributed by atoms with Crippen LogP contribution in [0.15, 0.2) is 153 Å². The minimum atomic E-state index is -0.514. The molecule has 494 valence electrons. The molecule has 9 rings (SSSR count). The molecule has 2 N–H and O–H groups in total. The summed E-state index contributed by atoms with van der Waals surface area (Å²) in [6, 6.07) is 43.2. The Morgan fingerprint density at radius 1 is 0.351 bits per heavy atom. The van der Waals surface area contributed by atoms with E-state index >= 15 is 0 Å². The lowest BCUT2D eigenvalue weighted by Gasteiger charge is -2.27. The van der Waals surface area contributed by atoms with E-state index in [1.165, 1.54) is 22.3 Å². The van der Waals surface area contributed by atoms with Gasteiger partial charge in [-0.3, -0.25) is 20.0 Å². The fraction of sp³-hybridized carbons (Fsp3) is 0.429. The Kier molecular flexibility index (Phi) is 20.9. The lowest BCUT2D eigenvalue weighted by molar-refractivity contribution is 0.0724. The first kappa shape index (κ1) is 70.1. The van der Waals surface area contributed by atoms with Crippen molar-refractivity contribution in [3.8, 4) is 45.3 Å². The number of hydrogen-bond donors (Lipinski definition) is 2. The molecule has 0 heterocycles. The molecule has 7 aromatic carbocycles. The first-order valence-electron chi connectivity index (χ1n) is 33.9. The molecule has 10 heteroatoms. The number of phenols is 2. The second kappa shape index (κ2) is 28.0. The number of esters is 2. The Bertz CT molecular complexity index is 3650. The van der Waals surface area contributed by atoms with Gasteiger partial charge in [-0.05, 0) is 187 Å². The van der Waals surface area contributed by atoms with Gasteiger partial charge < -0.3 is 19.7 Å². The minimum Gasteiger partial charge on any atom is -0.507 e. The van der Waals surface area contributed by atoms with Crippen LogP contribution in [0.1, 0.15) is 252 Å². The van der Waals surface area contributed by atoms with Crippen LogP contribution in [-0.4, -0.2) is 71.2 Å². The number of aromatic hydroxyl groups is 2. The molecule has 2 aliphatic carbocycles. The van der Waals surface area contributed by atoms with E-state index in [4.69, 9.17) is 29.4 Å². The van der Waals surface area contributed by atoms with Crippen LogP contribution >= 0.6 is 0 Å².